The molecule has 0 atom stereocenters. The fraction of sp³-hybridized carbons (Fsp3) is 0.0385. The van der Waals surface area contributed by atoms with Gasteiger partial charge < -0.3 is 4.90 Å². The van der Waals surface area contributed by atoms with Crippen LogP contribution in [-0.2, 0) is 0 Å². The number of rotatable bonds is 5. The lowest BCUT2D eigenvalue weighted by molar-refractivity contribution is 0.755. The average Bonchev–Trinajstić information content (AvgIpc) is 3.24. The Labute approximate surface area is 310 Å². The van der Waals surface area contributed by atoms with Crippen molar-refractivity contribution in [1.82, 2.24) is 0 Å². The predicted molar refractivity (Wildman–Crippen MR) is 222 cm³/mol. The summed E-state index contributed by atoms with van der Waals surface area (Å²) in [6, 6.07) is 74.1. The Kier molecular flexibility index (Phi) is 6.75. The molecule has 0 saturated carbocycles. The molecule has 0 aliphatic heterocycles. The van der Waals surface area contributed by atoms with E-state index in [2.05, 4.69) is 205 Å². The average molecular weight is 674 g/mol. The van der Waals surface area contributed by atoms with Gasteiger partial charge in [-0.25, -0.2) is 0 Å². The van der Waals surface area contributed by atoms with Gasteiger partial charge in [0.25, 0.3) is 0 Å². The first-order valence-electron chi connectivity index (χ1n) is 18.6. The van der Waals surface area contributed by atoms with Gasteiger partial charge in [0, 0.05) is 23.2 Å². The van der Waals surface area contributed by atoms with Crippen molar-refractivity contribution in [2.45, 2.75) is 11.8 Å². The Balaban J connectivity index is 1.20. The van der Waals surface area contributed by atoms with Gasteiger partial charge in [0.2, 0.25) is 0 Å². The van der Waals surface area contributed by atoms with E-state index in [1.54, 1.807) is 0 Å². The molecule has 0 fully saturated rings. The quantitative estimate of drug-likeness (QED) is 0.164. The third kappa shape index (κ3) is 4.64. The standard InChI is InChI=1S/C52H35N/c1-3-13-34(14-4-1)35-25-27-39(28-26-35)53(40-29-30-42-38(33-40)24-23-37-17-7-8-18-41(37)42)48-32-31-43(36-15-5-2-6-16-36)51-49-44-19-9-11-21-46(44)50(52(48)51)47-22-12-10-20-45(47)49/h1-33,49-50H. The number of benzene rings is 9. The molecule has 0 aromatic heterocycles. The number of nitrogens with zero attached hydrogens (tertiary/aromatic N) is 1. The van der Waals surface area contributed by atoms with E-state index in [1.165, 1.54) is 82.9 Å². The minimum absolute atomic E-state index is 0.108. The molecule has 0 amide bonds. The molecule has 12 rings (SSSR count). The van der Waals surface area contributed by atoms with Crippen LogP contribution in [0.2, 0.25) is 0 Å². The third-order valence-electron chi connectivity index (χ3n) is 11.6. The summed E-state index contributed by atoms with van der Waals surface area (Å²) in [6.07, 6.45) is 0. The summed E-state index contributed by atoms with van der Waals surface area (Å²) in [6.45, 7) is 0. The van der Waals surface area contributed by atoms with E-state index in [-0.39, 0.29) is 11.8 Å². The Morgan fingerprint density at radius 1 is 0.321 bits per heavy atom. The maximum atomic E-state index is 2.52. The number of fused-ring (bicyclic) bond motifs is 3. The van der Waals surface area contributed by atoms with Crippen LogP contribution in [0, 0.1) is 0 Å². The maximum Gasteiger partial charge on any atom is 0.0506 e. The van der Waals surface area contributed by atoms with Crippen molar-refractivity contribution >= 4 is 38.6 Å². The molecule has 3 aliphatic rings. The van der Waals surface area contributed by atoms with E-state index in [1.807, 2.05) is 0 Å². The largest absolute Gasteiger partial charge is 0.310 e. The zero-order valence-electron chi connectivity index (χ0n) is 29.2. The number of hydrogen-bond acceptors (Lipinski definition) is 1. The summed E-state index contributed by atoms with van der Waals surface area (Å²) in [5.74, 6) is 0.249. The van der Waals surface area contributed by atoms with Gasteiger partial charge in [0.15, 0.2) is 0 Å². The van der Waals surface area contributed by atoms with E-state index in [9.17, 15) is 0 Å². The first-order chi connectivity index (χ1) is 26.3. The summed E-state index contributed by atoms with van der Waals surface area (Å²) in [7, 11) is 0. The summed E-state index contributed by atoms with van der Waals surface area (Å²) in [5.41, 5.74) is 17.0. The van der Waals surface area contributed by atoms with Crippen molar-refractivity contribution in [3.8, 4) is 22.3 Å². The molecule has 0 heterocycles. The molecular weight excluding hydrogens is 639 g/mol. The molecule has 248 valence electrons. The van der Waals surface area contributed by atoms with E-state index < -0.39 is 0 Å². The van der Waals surface area contributed by atoms with E-state index >= 15 is 0 Å². The van der Waals surface area contributed by atoms with E-state index in [4.69, 9.17) is 0 Å². The Bertz CT molecular complexity index is 2790. The monoisotopic (exact) mass is 673 g/mol. The number of hydrogen-bond donors (Lipinski definition) is 0. The lowest BCUT2D eigenvalue weighted by Crippen LogP contribution is -2.30. The molecule has 0 unspecified atom stereocenters. The van der Waals surface area contributed by atoms with Gasteiger partial charge in [-0.15, -0.1) is 0 Å². The molecule has 0 radical (unpaired) electrons. The summed E-state index contributed by atoms with van der Waals surface area (Å²) in [5, 5.41) is 5.05. The van der Waals surface area contributed by atoms with Crippen LogP contribution in [-0.4, -0.2) is 0 Å². The topological polar surface area (TPSA) is 3.24 Å². The summed E-state index contributed by atoms with van der Waals surface area (Å²) in [4.78, 5) is 2.52. The van der Waals surface area contributed by atoms with Crippen LogP contribution < -0.4 is 4.90 Å². The molecule has 0 spiro atoms. The second kappa shape index (κ2) is 11.9. The van der Waals surface area contributed by atoms with Gasteiger partial charge in [-0.2, -0.15) is 0 Å². The Morgan fingerprint density at radius 2 is 0.830 bits per heavy atom. The fourth-order valence-corrected chi connectivity index (χ4v) is 9.33. The van der Waals surface area contributed by atoms with Crippen LogP contribution in [0.5, 0.6) is 0 Å². The van der Waals surface area contributed by atoms with Gasteiger partial charge >= 0.3 is 0 Å². The zero-order valence-corrected chi connectivity index (χ0v) is 29.2. The normalized spacial score (nSPS) is 15.2. The molecule has 0 saturated heterocycles. The van der Waals surface area contributed by atoms with Gasteiger partial charge in [-0.3, -0.25) is 0 Å². The second-order valence-corrected chi connectivity index (χ2v) is 14.4. The second-order valence-electron chi connectivity index (χ2n) is 14.4. The smallest absolute Gasteiger partial charge is 0.0506 e. The Morgan fingerprint density at radius 3 is 1.51 bits per heavy atom. The van der Waals surface area contributed by atoms with Crippen molar-refractivity contribution in [2.75, 3.05) is 4.90 Å². The van der Waals surface area contributed by atoms with Crippen molar-refractivity contribution in [1.29, 1.82) is 0 Å². The van der Waals surface area contributed by atoms with Crippen LogP contribution in [0.15, 0.2) is 200 Å². The highest BCUT2D eigenvalue weighted by Gasteiger charge is 2.44. The molecule has 1 heteroatoms. The molecule has 9 aromatic rings. The molecule has 2 bridgehead atoms. The van der Waals surface area contributed by atoms with Gasteiger partial charge in [0.05, 0.1) is 5.69 Å². The minimum atomic E-state index is 0.108. The lowest BCUT2D eigenvalue weighted by atomic mass is 9.59. The van der Waals surface area contributed by atoms with Crippen molar-refractivity contribution in [2.24, 2.45) is 0 Å². The first kappa shape index (κ1) is 30.0. The van der Waals surface area contributed by atoms with Gasteiger partial charge in [-0.05, 0) is 108 Å². The SMILES string of the molecule is c1ccc(-c2ccc(N(c3ccc4c(ccc5ccccc54)c3)c3ccc(-c4ccccc4)c4c3C3c5ccccc5C4c4ccccc43)cc2)cc1. The molecule has 3 aliphatic carbocycles. The van der Waals surface area contributed by atoms with Crippen molar-refractivity contribution in [3.63, 3.8) is 0 Å². The maximum absolute atomic E-state index is 2.52. The van der Waals surface area contributed by atoms with Gasteiger partial charge in [-0.1, -0.05) is 170 Å². The van der Waals surface area contributed by atoms with Crippen LogP contribution in [0.4, 0.5) is 17.1 Å². The lowest BCUT2D eigenvalue weighted by Gasteiger charge is -2.45. The molecular formula is C52H35N. The number of anilines is 3. The van der Waals surface area contributed by atoms with Crippen LogP contribution in [0.3, 0.4) is 0 Å². The van der Waals surface area contributed by atoms with Gasteiger partial charge in [0.1, 0.15) is 0 Å². The first-order valence-corrected chi connectivity index (χ1v) is 18.6. The fourth-order valence-electron chi connectivity index (χ4n) is 9.33. The Hall–Kier alpha value is -6.70. The molecule has 9 aromatic carbocycles. The summed E-state index contributed by atoms with van der Waals surface area (Å²) >= 11 is 0. The van der Waals surface area contributed by atoms with Crippen molar-refractivity contribution < 1.29 is 0 Å². The molecule has 1 nitrogen and oxygen atoms in total. The van der Waals surface area contributed by atoms with E-state index in [0.29, 0.717) is 0 Å². The molecule has 0 N–H and O–H groups in total. The minimum Gasteiger partial charge on any atom is -0.310 e. The third-order valence-corrected chi connectivity index (χ3v) is 11.6. The molecule has 53 heavy (non-hydrogen) atoms. The predicted octanol–water partition coefficient (Wildman–Crippen LogP) is 13.8. The summed E-state index contributed by atoms with van der Waals surface area (Å²) < 4.78 is 0. The highest BCUT2D eigenvalue weighted by molar-refractivity contribution is 6.08. The van der Waals surface area contributed by atoms with Crippen LogP contribution in [0.25, 0.3) is 43.8 Å². The van der Waals surface area contributed by atoms with E-state index in [0.717, 1.165) is 11.4 Å². The highest BCUT2D eigenvalue weighted by Crippen LogP contribution is 2.61. The zero-order chi connectivity index (χ0) is 34.9. The van der Waals surface area contributed by atoms with Crippen LogP contribution in [0.1, 0.15) is 45.2 Å². The van der Waals surface area contributed by atoms with Crippen LogP contribution >= 0.6 is 0 Å². The van der Waals surface area contributed by atoms with Crippen molar-refractivity contribution in [3.05, 3.63) is 234 Å². The highest BCUT2D eigenvalue weighted by atomic mass is 15.1.